The summed E-state index contributed by atoms with van der Waals surface area (Å²) in [5, 5.41) is 0. The molecule has 0 N–H and O–H groups in total. The fraction of sp³-hybridized carbons (Fsp3) is 0.357. The molecular formula is C14H15BrN2O2. The molecule has 2 heterocycles. The van der Waals surface area contributed by atoms with Crippen molar-refractivity contribution in [3.8, 4) is 11.5 Å². The van der Waals surface area contributed by atoms with Crippen molar-refractivity contribution in [3.63, 3.8) is 0 Å². The maximum Gasteiger partial charge on any atom is 0.161 e. The molecular weight excluding hydrogens is 308 g/mol. The summed E-state index contributed by atoms with van der Waals surface area (Å²) in [5.41, 5.74) is 2.21. The largest absolute Gasteiger partial charge is 0.486 e. The van der Waals surface area contributed by atoms with E-state index in [1.54, 1.807) is 0 Å². The third kappa shape index (κ3) is 2.34. The van der Waals surface area contributed by atoms with Crippen LogP contribution < -0.4 is 9.47 Å². The summed E-state index contributed by atoms with van der Waals surface area (Å²) < 4.78 is 14.2. The van der Waals surface area contributed by atoms with Crippen LogP contribution in [0.3, 0.4) is 0 Å². The molecule has 0 amide bonds. The molecule has 1 aromatic heterocycles. The average molecular weight is 323 g/mol. The number of aromatic nitrogens is 2. The Morgan fingerprint density at radius 3 is 2.68 bits per heavy atom. The second-order valence-electron chi connectivity index (χ2n) is 4.61. The van der Waals surface area contributed by atoms with Crippen LogP contribution in [0.25, 0.3) is 0 Å². The Labute approximate surface area is 120 Å². The molecule has 1 aromatic carbocycles. The number of halogens is 1. The van der Waals surface area contributed by atoms with Gasteiger partial charge in [0.05, 0.1) is 5.69 Å². The molecule has 5 heteroatoms. The third-order valence-corrected chi connectivity index (χ3v) is 4.28. The van der Waals surface area contributed by atoms with Crippen molar-refractivity contribution < 1.29 is 9.47 Å². The molecule has 0 aliphatic carbocycles. The SMILES string of the molecule is Cc1nc(Cc2ccc3c(c2)OCCO3)c(Br)n1C. The zero-order valence-corrected chi connectivity index (χ0v) is 12.5. The van der Waals surface area contributed by atoms with E-state index in [4.69, 9.17) is 9.47 Å². The fourth-order valence-corrected chi connectivity index (χ4v) is 2.64. The Hall–Kier alpha value is -1.49. The quantitative estimate of drug-likeness (QED) is 0.853. The minimum absolute atomic E-state index is 0.614. The molecule has 0 saturated heterocycles. The molecule has 0 radical (unpaired) electrons. The number of rotatable bonds is 2. The maximum absolute atomic E-state index is 5.60. The van der Waals surface area contributed by atoms with Crippen molar-refractivity contribution in [3.05, 3.63) is 39.9 Å². The van der Waals surface area contributed by atoms with Gasteiger partial charge in [0.1, 0.15) is 23.6 Å². The Bertz CT molecular complexity index is 622. The molecule has 4 nitrogen and oxygen atoms in total. The fourth-order valence-electron chi connectivity index (χ4n) is 2.16. The first kappa shape index (κ1) is 12.5. The summed E-state index contributed by atoms with van der Waals surface area (Å²) in [6.45, 7) is 3.23. The summed E-state index contributed by atoms with van der Waals surface area (Å²) >= 11 is 3.58. The number of benzene rings is 1. The van der Waals surface area contributed by atoms with Crippen molar-refractivity contribution in [2.45, 2.75) is 13.3 Å². The predicted octanol–water partition coefficient (Wildman–Crippen LogP) is 2.85. The van der Waals surface area contributed by atoms with Crippen LogP contribution in [0.15, 0.2) is 22.8 Å². The average Bonchev–Trinajstić information content (AvgIpc) is 2.66. The molecule has 19 heavy (non-hydrogen) atoms. The van der Waals surface area contributed by atoms with Crippen LogP contribution in [0.1, 0.15) is 17.1 Å². The Kier molecular flexibility index (Phi) is 3.22. The number of nitrogens with zero attached hydrogens (tertiary/aromatic N) is 2. The van der Waals surface area contributed by atoms with Crippen molar-refractivity contribution in [1.29, 1.82) is 0 Å². The highest BCUT2D eigenvalue weighted by Crippen LogP contribution is 2.32. The highest BCUT2D eigenvalue weighted by Gasteiger charge is 2.14. The van der Waals surface area contributed by atoms with E-state index in [9.17, 15) is 0 Å². The van der Waals surface area contributed by atoms with Gasteiger partial charge in [0.25, 0.3) is 0 Å². The first-order valence-corrected chi connectivity index (χ1v) is 7.00. The lowest BCUT2D eigenvalue weighted by Crippen LogP contribution is -2.15. The molecule has 3 rings (SSSR count). The lowest BCUT2D eigenvalue weighted by atomic mass is 10.1. The predicted molar refractivity (Wildman–Crippen MR) is 75.9 cm³/mol. The molecule has 2 aromatic rings. The molecule has 0 spiro atoms. The van der Waals surface area contributed by atoms with Gasteiger partial charge in [-0.1, -0.05) is 6.07 Å². The normalized spacial score (nSPS) is 13.6. The zero-order chi connectivity index (χ0) is 13.4. The van der Waals surface area contributed by atoms with E-state index in [0.29, 0.717) is 13.2 Å². The van der Waals surface area contributed by atoms with Crippen molar-refractivity contribution in [1.82, 2.24) is 9.55 Å². The van der Waals surface area contributed by atoms with Gasteiger partial charge in [-0.3, -0.25) is 0 Å². The van der Waals surface area contributed by atoms with Gasteiger partial charge in [0.15, 0.2) is 11.5 Å². The van der Waals surface area contributed by atoms with Gasteiger partial charge < -0.3 is 14.0 Å². The van der Waals surface area contributed by atoms with Gasteiger partial charge in [-0.15, -0.1) is 0 Å². The van der Waals surface area contributed by atoms with E-state index in [-0.39, 0.29) is 0 Å². The summed E-state index contributed by atoms with van der Waals surface area (Å²) in [5.74, 6) is 2.65. The topological polar surface area (TPSA) is 36.3 Å². The minimum Gasteiger partial charge on any atom is -0.486 e. The van der Waals surface area contributed by atoms with Gasteiger partial charge >= 0.3 is 0 Å². The monoisotopic (exact) mass is 322 g/mol. The molecule has 0 fully saturated rings. The van der Waals surface area contributed by atoms with Crippen molar-refractivity contribution in [2.24, 2.45) is 7.05 Å². The summed E-state index contributed by atoms with van der Waals surface area (Å²) in [7, 11) is 2.00. The van der Waals surface area contributed by atoms with Crippen LogP contribution in [-0.4, -0.2) is 22.8 Å². The first-order chi connectivity index (χ1) is 9.15. The first-order valence-electron chi connectivity index (χ1n) is 6.21. The standard InChI is InChI=1S/C14H15BrN2O2/c1-9-16-11(14(15)17(9)2)7-10-3-4-12-13(8-10)19-6-5-18-12/h3-4,8H,5-7H2,1-2H3. The lowest BCUT2D eigenvalue weighted by Gasteiger charge is -2.18. The van der Waals surface area contributed by atoms with Crippen LogP contribution in [0.2, 0.25) is 0 Å². The second kappa shape index (κ2) is 4.89. The van der Waals surface area contributed by atoms with Gasteiger partial charge in [-0.25, -0.2) is 4.98 Å². The van der Waals surface area contributed by atoms with Crippen LogP contribution in [0, 0.1) is 6.92 Å². The molecule has 1 aliphatic heterocycles. The Morgan fingerprint density at radius 2 is 2.00 bits per heavy atom. The smallest absolute Gasteiger partial charge is 0.161 e. The summed E-state index contributed by atoms with van der Waals surface area (Å²) in [4.78, 5) is 4.56. The Morgan fingerprint density at radius 1 is 1.26 bits per heavy atom. The highest BCUT2D eigenvalue weighted by molar-refractivity contribution is 9.10. The third-order valence-electron chi connectivity index (χ3n) is 3.29. The van der Waals surface area contributed by atoms with E-state index in [1.165, 1.54) is 5.56 Å². The van der Waals surface area contributed by atoms with E-state index >= 15 is 0 Å². The van der Waals surface area contributed by atoms with E-state index in [1.807, 2.05) is 30.7 Å². The van der Waals surface area contributed by atoms with Gasteiger partial charge in [0.2, 0.25) is 0 Å². The van der Waals surface area contributed by atoms with Gasteiger partial charge in [0, 0.05) is 13.5 Å². The van der Waals surface area contributed by atoms with Gasteiger partial charge in [-0.05, 0) is 40.5 Å². The molecule has 0 bridgehead atoms. The van der Waals surface area contributed by atoms with Crippen LogP contribution in [0.5, 0.6) is 11.5 Å². The van der Waals surface area contributed by atoms with E-state index in [0.717, 1.165) is 34.0 Å². The molecule has 0 unspecified atom stereocenters. The second-order valence-corrected chi connectivity index (χ2v) is 5.36. The number of hydrogen-bond acceptors (Lipinski definition) is 3. The van der Waals surface area contributed by atoms with E-state index in [2.05, 4.69) is 27.0 Å². The molecule has 1 aliphatic rings. The van der Waals surface area contributed by atoms with Crippen molar-refractivity contribution >= 4 is 15.9 Å². The zero-order valence-electron chi connectivity index (χ0n) is 10.9. The van der Waals surface area contributed by atoms with Crippen LogP contribution in [0.4, 0.5) is 0 Å². The number of hydrogen-bond donors (Lipinski definition) is 0. The maximum atomic E-state index is 5.60. The van der Waals surface area contributed by atoms with E-state index < -0.39 is 0 Å². The number of ether oxygens (including phenoxy) is 2. The van der Waals surface area contributed by atoms with Gasteiger partial charge in [-0.2, -0.15) is 0 Å². The van der Waals surface area contributed by atoms with Crippen LogP contribution in [-0.2, 0) is 13.5 Å². The molecule has 100 valence electrons. The Balaban J connectivity index is 1.89. The molecule has 0 saturated carbocycles. The molecule has 0 atom stereocenters. The number of fused-ring (bicyclic) bond motifs is 1. The number of imidazole rings is 1. The van der Waals surface area contributed by atoms with Crippen LogP contribution >= 0.6 is 15.9 Å². The summed E-state index contributed by atoms with van der Waals surface area (Å²) in [6, 6.07) is 6.06. The van der Waals surface area contributed by atoms with Crippen molar-refractivity contribution in [2.75, 3.05) is 13.2 Å². The lowest BCUT2D eigenvalue weighted by molar-refractivity contribution is 0.171. The minimum atomic E-state index is 0.614. The number of aryl methyl sites for hydroxylation is 1. The highest BCUT2D eigenvalue weighted by atomic mass is 79.9. The summed E-state index contributed by atoms with van der Waals surface area (Å²) in [6.07, 6.45) is 0.777.